The van der Waals surface area contributed by atoms with Gasteiger partial charge >= 0.3 is 0 Å². The third kappa shape index (κ3) is 29.2. The molecule has 15 heteroatoms. The molecule has 0 radical (unpaired) electrons. The van der Waals surface area contributed by atoms with Crippen LogP contribution in [0.3, 0.4) is 0 Å². The summed E-state index contributed by atoms with van der Waals surface area (Å²) in [6, 6.07) is 19.9. The van der Waals surface area contributed by atoms with Crippen LogP contribution in [0.4, 0.5) is 11.9 Å². The lowest BCUT2D eigenvalue weighted by molar-refractivity contribution is 0.287. The number of aromatic nitrogens is 6. The van der Waals surface area contributed by atoms with Gasteiger partial charge in [-0.2, -0.15) is 0 Å². The van der Waals surface area contributed by atoms with Gasteiger partial charge in [-0.15, -0.1) is 0 Å². The second-order valence-corrected chi connectivity index (χ2v) is 9.48. The van der Waals surface area contributed by atoms with Crippen LogP contribution >= 0.6 is 11.6 Å². The molecule has 0 aliphatic carbocycles. The Morgan fingerprint density at radius 3 is 1.26 bits per heavy atom. The molecule has 3 heterocycles. The molecule has 0 unspecified atom stereocenters. The second-order valence-electron chi connectivity index (χ2n) is 9.14. The molecule has 5 rings (SSSR count). The molecule has 296 valence electrons. The van der Waals surface area contributed by atoms with E-state index in [2.05, 4.69) is 53.2 Å². The molecule has 3 aromatic heterocycles. The van der Waals surface area contributed by atoms with E-state index >= 15 is 0 Å². The van der Waals surface area contributed by atoms with Crippen LogP contribution < -0.4 is 25.8 Å². The second kappa shape index (κ2) is 38.1. The molecule has 0 amide bonds. The third-order valence-corrected chi connectivity index (χ3v) is 5.51. The summed E-state index contributed by atoms with van der Waals surface area (Å²) in [4.78, 5) is 23.2. The Kier molecular flexibility index (Phi) is 39.3. The zero-order valence-electron chi connectivity index (χ0n) is 29.3. The highest BCUT2D eigenvalue weighted by Gasteiger charge is 1.98. The van der Waals surface area contributed by atoms with Crippen molar-refractivity contribution in [3.05, 3.63) is 114 Å². The third-order valence-electron chi connectivity index (χ3n) is 5.32. The zero-order valence-corrected chi connectivity index (χ0v) is 30.0. The van der Waals surface area contributed by atoms with Gasteiger partial charge in [0.25, 0.3) is 0 Å². The summed E-state index contributed by atoms with van der Waals surface area (Å²) in [7, 11) is 4.99. The smallest absolute Gasteiger partial charge is 0.222 e. The van der Waals surface area contributed by atoms with E-state index in [1.54, 1.807) is 45.8 Å². The highest BCUT2D eigenvalue weighted by atomic mass is 35.5. The van der Waals surface area contributed by atoms with E-state index in [1.807, 2.05) is 60.7 Å². The molecule has 2 aromatic carbocycles. The van der Waals surface area contributed by atoms with Gasteiger partial charge in [0.1, 0.15) is 13.2 Å². The summed E-state index contributed by atoms with van der Waals surface area (Å²) in [5.41, 5.74) is 6.73. The van der Waals surface area contributed by atoms with Crippen molar-refractivity contribution < 1.29 is 24.8 Å². The van der Waals surface area contributed by atoms with Gasteiger partial charge in [0, 0.05) is 27.3 Å². The number of aliphatic hydroxyl groups excluding tert-OH is 2. The van der Waals surface area contributed by atoms with Crippen molar-refractivity contribution in [2.75, 3.05) is 45.0 Å². The van der Waals surface area contributed by atoms with Gasteiger partial charge in [0.15, 0.2) is 17.2 Å². The van der Waals surface area contributed by atoms with E-state index in [1.165, 1.54) is 19.4 Å². The van der Waals surface area contributed by atoms with Gasteiger partial charge in [-0.25, -0.2) is 29.9 Å². The van der Waals surface area contributed by atoms with Crippen molar-refractivity contribution in [2.24, 2.45) is 5.73 Å². The average Bonchev–Trinajstić information content (AvgIpc) is 3.17. The molecule has 5 aromatic rings. The van der Waals surface area contributed by atoms with Gasteiger partial charge in [-0.3, -0.25) is 0 Å². The van der Waals surface area contributed by atoms with Crippen LogP contribution in [0.15, 0.2) is 97.8 Å². The van der Waals surface area contributed by atoms with E-state index in [0.29, 0.717) is 43.2 Å². The van der Waals surface area contributed by atoms with Crippen LogP contribution in [-0.2, 0) is 13.2 Å². The van der Waals surface area contributed by atoms with Gasteiger partial charge < -0.3 is 41.2 Å². The number of halogens is 1. The van der Waals surface area contributed by atoms with Crippen molar-refractivity contribution in [2.45, 2.75) is 62.2 Å². The Hall–Kier alpha value is -5.15. The number of hydrogen-bond donors (Lipinski definition) is 6. The number of rotatable bonds is 10. The fourth-order valence-corrected chi connectivity index (χ4v) is 3.08. The Balaban J connectivity index is -0.000000301. The maximum atomic E-state index is 8.70. The topological polar surface area (TPSA) is 207 Å². The highest BCUT2D eigenvalue weighted by molar-refractivity contribution is 6.28. The lowest BCUT2D eigenvalue weighted by atomic mass is 10.2. The summed E-state index contributed by atoms with van der Waals surface area (Å²) in [6.45, 7) is 5.36. The van der Waals surface area contributed by atoms with Crippen LogP contribution in [0.1, 0.15) is 60.1 Å². The van der Waals surface area contributed by atoms with E-state index in [0.717, 1.165) is 24.0 Å². The van der Waals surface area contributed by atoms with E-state index in [9.17, 15) is 0 Å². The lowest BCUT2D eigenvalue weighted by Crippen LogP contribution is -1.99. The zero-order chi connectivity index (χ0) is 37.2. The monoisotopic (exact) mass is 759 g/mol. The van der Waals surface area contributed by atoms with Crippen molar-refractivity contribution in [3.8, 4) is 17.2 Å². The number of nitrogens with two attached hydrogens (primary N) is 1. The Labute approximate surface area is 321 Å². The molecule has 7 N–H and O–H groups in total. The summed E-state index contributed by atoms with van der Waals surface area (Å²) in [5.74, 6) is 2.46. The molecule has 0 atom stereocenters. The minimum Gasteiger partial charge on any atom is -0.505 e. The van der Waals surface area contributed by atoms with Crippen molar-refractivity contribution in [3.63, 3.8) is 0 Å². The fraction of sp³-hybridized carbons (Fsp3) is 0.368. The van der Waals surface area contributed by atoms with Gasteiger partial charge in [0.05, 0.1) is 37.2 Å². The molecule has 14 nitrogen and oxygen atoms in total. The lowest BCUT2D eigenvalue weighted by Gasteiger charge is -2.05. The van der Waals surface area contributed by atoms with Crippen molar-refractivity contribution in [1.29, 1.82) is 0 Å². The minimum atomic E-state index is 0. The molecule has 0 saturated heterocycles. The Morgan fingerprint density at radius 1 is 0.623 bits per heavy atom. The Bertz CT molecular complexity index is 1440. The maximum Gasteiger partial charge on any atom is 0.222 e. The minimum absolute atomic E-state index is 0. The first-order chi connectivity index (χ1) is 24.4. The molecular weight excluding hydrogens is 698 g/mol. The molecule has 0 saturated carbocycles. The number of aliphatic hydroxyl groups is 2. The highest BCUT2D eigenvalue weighted by Crippen LogP contribution is 2.12. The number of benzene rings is 2. The number of aromatic hydroxyl groups is 1. The molecule has 0 spiro atoms. The van der Waals surface area contributed by atoms with Crippen LogP contribution in [-0.4, -0.2) is 79.6 Å². The quantitative estimate of drug-likeness (QED) is 0.0774. The standard InChI is InChI=1S/C12H13N3O.C11H9ClN2O.C5H7N3O.C4H10O.C2H6O.CH5N.3CH4/c1-13-12-14-7-11(8-15-12)16-9-10-5-3-2-4-6-10;12-11-13-6-10(7-14-11)15-8-9-4-2-1-3-5-9;1-6-5-7-2-4(9)3-8-5;1-2-3-4-5;1-2-3;1-2;;;/h2-8H,9H2,1H3,(H,13,14,15);1-7H,8H2;2-3,9H,1H3,(H,6,7,8);5H,2-4H2,1H3;3H,2H2,1H3;2H2,1H3;3*1H4. The van der Waals surface area contributed by atoms with E-state index in [4.69, 9.17) is 36.4 Å². The molecule has 0 bridgehead atoms. The number of hydrogen-bond acceptors (Lipinski definition) is 14. The number of nitrogens with one attached hydrogen (secondary N) is 2. The molecule has 0 fully saturated rings. The summed E-state index contributed by atoms with van der Waals surface area (Å²) < 4.78 is 11.0. The largest absolute Gasteiger partial charge is 0.505 e. The average molecular weight is 760 g/mol. The van der Waals surface area contributed by atoms with Crippen molar-refractivity contribution in [1.82, 2.24) is 29.9 Å². The van der Waals surface area contributed by atoms with Crippen LogP contribution in [0.25, 0.3) is 0 Å². The van der Waals surface area contributed by atoms with Gasteiger partial charge in [-0.05, 0) is 43.1 Å². The van der Waals surface area contributed by atoms with Crippen LogP contribution in [0.2, 0.25) is 5.28 Å². The summed E-state index contributed by atoms with van der Waals surface area (Å²) in [5, 5.41) is 30.1. The predicted octanol–water partition coefficient (Wildman–Crippen LogP) is 7.29. The van der Waals surface area contributed by atoms with Gasteiger partial charge in [0.2, 0.25) is 17.2 Å². The number of ether oxygens (including phenoxy) is 2. The Morgan fingerprint density at radius 2 is 0.962 bits per heavy atom. The first kappa shape index (κ1) is 54.6. The predicted molar refractivity (Wildman–Crippen MR) is 218 cm³/mol. The number of nitrogens with zero attached hydrogens (tertiary/aromatic N) is 6. The first-order valence-electron chi connectivity index (χ1n) is 15.7. The van der Waals surface area contributed by atoms with Crippen molar-refractivity contribution >= 4 is 23.5 Å². The first-order valence-corrected chi connectivity index (χ1v) is 16.1. The molecular formula is C38H62ClN9O5. The molecule has 0 aliphatic rings. The SMILES string of the molecule is C.C.C.CCCCO.CCO.CN.CNc1ncc(O)cn1.CNc1ncc(OCc2ccccc2)cn1.Clc1ncc(OCc2ccccc2)cn1. The van der Waals surface area contributed by atoms with Gasteiger partial charge in [-0.1, -0.05) is 96.3 Å². The number of unbranched alkanes of at least 4 members (excludes halogenated alkanes) is 1. The normalized spacial score (nSPS) is 8.55. The van der Waals surface area contributed by atoms with Crippen LogP contribution in [0, 0.1) is 0 Å². The van der Waals surface area contributed by atoms with E-state index < -0.39 is 0 Å². The van der Waals surface area contributed by atoms with E-state index in [-0.39, 0.29) is 39.9 Å². The summed E-state index contributed by atoms with van der Waals surface area (Å²) >= 11 is 5.55. The number of anilines is 2. The van der Waals surface area contributed by atoms with Crippen LogP contribution in [0.5, 0.6) is 17.2 Å². The fourth-order valence-electron chi connectivity index (χ4n) is 2.99. The molecule has 0 aliphatic heterocycles. The molecule has 53 heavy (non-hydrogen) atoms. The maximum absolute atomic E-state index is 8.70. The summed E-state index contributed by atoms with van der Waals surface area (Å²) in [6.07, 6.45) is 11.1.